The summed E-state index contributed by atoms with van der Waals surface area (Å²) in [6, 6.07) is 1.89. The molecule has 21 heavy (non-hydrogen) atoms. The minimum atomic E-state index is 0.246. The molecule has 2 aromatic heterocycles. The van der Waals surface area contributed by atoms with Crippen molar-refractivity contribution in [2.45, 2.75) is 19.8 Å². The van der Waals surface area contributed by atoms with Crippen LogP contribution < -0.4 is 16.4 Å². The number of nitrogens with two attached hydrogens (primary N) is 2. The van der Waals surface area contributed by atoms with E-state index in [0.717, 1.165) is 24.6 Å². The Labute approximate surface area is 128 Å². The van der Waals surface area contributed by atoms with Gasteiger partial charge < -0.3 is 16.4 Å². The molecular formula is C13H20ClN7. The fraction of sp³-hybridized carbons (Fsp3) is 0.462. The maximum Gasteiger partial charge on any atom is 0.222 e. The van der Waals surface area contributed by atoms with Gasteiger partial charge in [-0.15, -0.1) is 0 Å². The summed E-state index contributed by atoms with van der Waals surface area (Å²) in [6.45, 7) is 3.87. The fourth-order valence-corrected chi connectivity index (χ4v) is 2.45. The summed E-state index contributed by atoms with van der Waals surface area (Å²) in [6.07, 6.45) is 2.36. The molecule has 3 heterocycles. The van der Waals surface area contributed by atoms with E-state index in [1.54, 1.807) is 0 Å². The molecule has 5 N–H and O–H groups in total. The molecule has 1 aliphatic heterocycles. The van der Waals surface area contributed by atoms with Crippen LogP contribution in [0.3, 0.4) is 0 Å². The number of anilines is 2. The number of hydrogen-bond acceptors (Lipinski definition) is 6. The van der Waals surface area contributed by atoms with Crippen LogP contribution >= 0.6 is 11.6 Å². The quantitative estimate of drug-likeness (QED) is 0.777. The van der Waals surface area contributed by atoms with Crippen LogP contribution in [0.5, 0.6) is 0 Å². The Balaban J connectivity index is 0.000000774. The first-order valence-electron chi connectivity index (χ1n) is 6.83. The predicted octanol–water partition coefficient (Wildman–Crippen LogP) is 1.59. The minimum Gasteiger partial charge on any atom is -0.368 e. The number of nitrogens with zero attached hydrogens (tertiary/aromatic N) is 4. The normalized spacial score (nSPS) is 14.0. The molecule has 0 unspecified atom stereocenters. The Bertz CT molecular complexity index is 605. The molecule has 3 rings (SSSR count). The summed E-state index contributed by atoms with van der Waals surface area (Å²) < 4.78 is 0. The molecule has 2 aromatic rings. The van der Waals surface area contributed by atoms with Crippen molar-refractivity contribution in [3.63, 3.8) is 0 Å². The third kappa shape index (κ3) is 3.25. The van der Waals surface area contributed by atoms with Crippen molar-refractivity contribution < 1.29 is 0 Å². The van der Waals surface area contributed by atoms with Gasteiger partial charge in [0.05, 0.1) is 16.4 Å². The van der Waals surface area contributed by atoms with Crippen LogP contribution in [0.25, 0.3) is 11.4 Å². The molecule has 0 amide bonds. The van der Waals surface area contributed by atoms with Crippen molar-refractivity contribution in [3.8, 4) is 11.4 Å². The van der Waals surface area contributed by atoms with Gasteiger partial charge in [0.1, 0.15) is 11.5 Å². The summed E-state index contributed by atoms with van der Waals surface area (Å²) in [7, 11) is 1.50. The average molecular weight is 310 g/mol. The molecule has 1 saturated heterocycles. The molecule has 0 saturated carbocycles. The van der Waals surface area contributed by atoms with E-state index in [1.807, 2.05) is 13.0 Å². The average Bonchev–Trinajstić information content (AvgIpc) is 3.12. The molecule has 0 aliphatic carbocycles. The Morgan fingerprint density at radius 1 is 1.24 bits per heavy atom. The number of nitrogen functional groups attached to an aromatic ring is 1. The number of aryl methyl sites for hydroxylation is 1. The maximum absolute atomic E-state index is 6.20. The SMILES string of the molecule is CN.Cc1[nH]nc(-c2cc(N3CCCC3)nc(N)n2)c1Cl. The number of H-pyrrole nitrogens is 1. The van der Waals surface area contributed by atoms with Crippen molar-refractivity contribution in [1.82, 2.24) is 20.2 Å². The molecule has 0 atom stereocenters. The second-order valence-electron chi connectivity index (χ2n) is 4.67. The summed E-state index contributed by atoms with van der Waals surface area (Å²) in [5.74, 6) is 1.09. The van der Waals surface area contributed by atoms with Gasteiger partial charge in [-0.25, -0.2) is 4.98 Å². The second kappa shape index (κ2) is 6.73. The zero-order valence-corrected chi connectivity index (χ0v) is 13.0. The minimum absolute atomic E-state index is 0.246. The van der Waals surface area contributed by atoms with E-state index in [9.17, 15) is 0 Å². The van der Waals surface area contributed by atoms with E-state index < -0.39 is 0 Å². The first-order valence-corrected chi connectivity index (χ1v) is 7.21. The van der Waals surface area contributed by atoms with E-state index in [2.05, 4.69) is 30.8 Å². The van der Waals surface area contributed by atoms with Gasteiger partial charge >= 0.3 is 0 Å². The summed E-state index contributed by atoms with van der Waals surface area (Å²) >= 11 is 6.20. The Kier molecular flexibility index (Phi) is 4.98. The smallest absolute Gasteiger partial charge is 0.222 e. The molecule has 114 valence electrons. The lowest BCUT2D eigenvalue weighted by molar-refractivity contribution is 0.931. The number of nitrogens with one attached hydrogen (secondary N) is 1. The van der Waals surface area contributed by atoms with Gasteiger partial charge in [0.2, 0.25) is 5.95 Å². The number of hydrogen-bond donors (Lipinski definition) is 3. The summed E-state index contributed by atoms with van der Waals surface area (Å²) in [5.41, 5.74) is 12.4. The van der Waals surface area contributed by atoms with Crippen LogP contribution in [0.2, 0.25) is 5.02 Å². The van der Waals surface area contributed by atoms with Crippen molar-refractivity contribution in [2.75, 3.05) is 30.8 Å². The van der Waals surface area contributed by atoms with Gasteiger partial charge in [-0.2, -0.15) is 10.1 Å². The lowest BCUT2D eigenvalue weighted by atomic mass is 10.2. The first-order chi connectivity index (χ1) is 10.1. The molecule has 8 heteroatoms. The number of aromatic amines is 1. The van der Waals surface area contributed by atoms with Gasteiger partial charge in [0.15, 0.2) is 0 Å². The van der Waals surface area contributed by atoms with Crippen molar-refractivity contribution in [1.29, 1.82) is 0 Å². The third-order valence-corrected chi connectivity index (χ3v) is 3.74. The summed E-state index contributed by atoms with van der Waals surface area (Å²) in [5, 5.41) is 7.59. The van der Waals surface area contributed by atoms with E-state index in [4.69, 9.17) is 17.3 Å². The molecule has 0 bridgehead atoms. The maximum atomic E-state index is 6.20. The Morgan fingerprint density at radius 3 is 2.48 bits per heavy atom. The fourth-order valence-electron chi connectivity index (χ4n) is 2.27. The zero-order valence-electron chi connectivity index (χ0n) is 12.2. The van der Waals surface area contributed by atoms with Crippen LogP contribution in [-0.4, -0.2) is 40.3 Å². The molecule has 1 aliphatic rings. The van der Waals surface area contributed by atoms with Crippen LogP contribution in [0.4, 0.5) is 11.8 Å². The first kappa shape index (κ1) is 15.5. The molecular weight excluding hydrogens is 290 g/mol. The molecule has 7 nitrogen and oxygen atoms in total. The van der Waals surface area contributed by atoms with Crippen molar-refractivity contribution in [2.24, 2.45) is 5.73 Å². The predicted molar refractivity (Wildman–Crippen MR) is 85.3 cm³/mol. The number of halogens is 1. The van der Waals surface area contributed by atoms with Crippen LogP contribution in [0.1, 0.15) is 18.5 Å². The summed E-state index contributed by atoms with van der Waals surface area (Å²) in [4.78, 5) is 10.7. The Morgan fingerprint density at radius 2 is 1.90 bits per heavy atom. The van der Waals surface area contributed by atoms with Crippen LogP contribution in [0.15, 0.2) is 6.07 Å². The highest BCUT2D eigenvalue weighted by molar-refractivity contribution is 6.33. The van der Waals surface area contributed by atoms with Gasteiger partial charge in [-0.1, -0.05) is 11.6 Å². The highest BCUT2D eigenvalue weighted by atomic mass is 35.5. The lowest BCUT2D eigenvalue weighted by Gasteiger charge is -2.16. The highest BCUT2D eigenvalue weighted by Crippen LogP contribution is 2.29. The number of rotatable bonds is 2. The van der Waals surface area contributed by atoms with E-state index in [0.29, 0.717) is 16.4 Å². The van der Waals surface area contributed by atoms with E-state index >= 15 is 0 Å². The molecule has 0 aromatic carbocycles. The molecule has 1 fully saturated rings. The molecule has 0 spiro atoms. The number of aromatic nitrogens is 4. The van der Waals surface area contributed by atoms with Gasteiger partial charge in [-0.3, -0.25) is 5.10 Å². The van der Waals surface area contributed by atoms with Crippen LogP contribution in [-0.2, 0) is 0 Å². The van der Waals surface area contributed by atoms with Gasteiger partial charge in [0, 0.05) is 19.2 Å². The van der Waals surface area contributed by atoms with Crippen LogP contribution in [0, 0.1) is 6.92 Å². The molecule has 0 radical (unpaired) electrons. The van der Waals surface area contributed by atoms with Crippen molar-refractivity contribution >= 4 is 23.4 Å². The lowest BCUT2D eigenvalue weighted by Crippen LogP contribution is -2.19. The van der Waals surface area contributed by atoms with Gasteiger partial charge in [-0.05, 0) is 26.8 Å². The third-order valence-electron chi connectivity index (χ3n) is 3.28. The largest absolute Gasteiger partial charge is 0.368 e. The van der Waals surface area contributed by atoms with Crippen molar-refractivity contribution in [3.05, 3.63) is 16.8 Å². The van der Waals surface area contributed by atoms with E-state index in [-0.39, 0.29) is 5.95 Å². The van der Waals surface area contributed by atoms with E-state index in [1.165, 1.54) is 19.9 Å². The Hall–Kier alpha value is -1.86. The standard InChI is InChI=1S/C12H15ClN6.CH5N/c1-7-10(13)11(18-17-7)8-6-9(16-12(14)15-8)19-4-2-3-5-19;1-2/h6H,2-5H2,1H3,(H,17,18)(H2,14,15,16);2H2,1H3. The second-order valence-corrected chi connectivity index (χ2v) is 5.05. The topological polar surface area (TPSA) is 110 Å². The monoisotopic (exact) mass is 309 g/mol. The zero-order chi connectivity index (χ0) is 15.4. The van der Waals surface area contributed by atoms with Gasteiger partial charge in [0.25, 0.3) is 0 Å². The highest BCUT2D eigenvalue weighted by Gasteiger charge is 2.18.